The van der Waals surface area contributed by atoms with Crippen molar-refractivity contribution in [1.82, 2.24) is 4.98 Å². The van der Waals surface area contributed by atoms with Gasteiger partial charge < -0.3 is 5.32 Å². The maximum atomic E-state index is 10.9. The summed E-state index contributed by atoms with van der Waals surface area (Å²) in [5, 5.41) is 15.1. The number of pyridine rings is 1. The van der Waals surface area contributed by atoms with Gasteiger partial charge in [0.05, 0.1) is 11.0 Å². The summed E-state index contributed by atoms with van der Waals surface area (Å²) in [5.74, 6) is 0.580. The van der Waals surface area contributed by atoms with E-state index in [0.717, 1.165) is 19.4 Å². The Balaban J connectivity index is 2.94. The summed E-state index contributed by atoms with van der Waals surface area (Å²) in [7, 11) is 0. The number of hydrogen-bond acceptors (Lipinski definition) is 5. The van der Waals surface area contributed by atoms with Crippen LogP contribution in [-0.2, 0) is 0 Å². The molecule has 0 aliphatic carbocycles. The highest BCUT2D eigenvalue weighted by Crippen LogP contribution is 2.28. The zero-order chi connectivity index (χ0) is 13.5. The lowest BCUT2D eigenvalue weighted by Gasteiger charge is -2.09. The van der Waals surface area contributed by atoms with Crippen molar-refractivity contribution in [1.29, 1.82) is 0 Å². The molecule has 100 valence electrons. The molecule has 0 saturated carbocycles. The van der Waals surface area contributed by atoms with Crippen molar-refractivity contribution < 1.29 is 4.92 Å². The maximum absolute atomic E-state index is 10.9. The van der Waals surface area contributed by atoms with Crippen LogP contribution in [0.1, 0.15) is 33.6 Å². The van der Waals surface area contributed by atoms with Crippen LogP contribution in [-0.4, -0.2) is 21.7 Å². The lowest BCUT2D eigenvalue weighted by Crippen LogP contribution is -2.04. The highest BCUT2D eigenvalue weighted by Gasteiger charge is 2.13. The molecule has 1 atom stereocenters. The average Bonchev–Trinajstić information content (AvgIpc) is 2.35. The van der Waals surface area contributed by atoms with E-state index in [-0.39, 0.29) is 10.6 Å². The Morgan fingerprint density at radius 1 is 1.50 bits per heavy atom. The van der Waals surface area contributed by atoms with E-state index in [4.69, 9.17) is 0 Å². The van der Waals surface area contributed by atoms with Crippen LogP contribution in [0, 0.1) is 10.1 Å². The molecule has 0 radical (unpaired) electrons. The van der Waals surface area contributed by atoms with Crippen LogP contribution in [0.25, 0.3) is 0 Å². The van der Waals surface area contributed by atoms with Crippen molar-refractivity contribution in [2.45, 2.75) is 43.9 Å². The smallest absolute Gasteiger partial charge is 0.275 e. The molecule has 1 aromatic heterocycles. The zero-order valence-corrected chi connectivity index (χ0v) is 11.8. The van der Waals surface area contributed by atoms with E-state index in [2.05, 4.69) is 24.1 Å². The Hall–Kier alpha value is -1.30. The van der Waals surface area contributed by atoms with Crippen molar-refractivity contribution in [2.75, 3.05) is 11.9 Å². The highest BCUT2D eigenvalue weighted by molar-refractivity contribution is 7.99. The Kier molecular flexibility index (Phi) is 5.91. The number of anilines is 1. The first-order valence-corrected chi connectivity index (χ1v) is 7.01. The van der Waals surface area contributed by atoms with E-state index in [1.54, 1.807) is 11.8 Å². The second kappa shape index (κ2) is 7.20. The molecule has 1 aromatic rings. The molecule has 1 rings (SSSR count). The molecule has 5 nitrogen and oxygen atoms in total. The predicted octanol–water partition coefficient (Wildman–Crippen LogP) is 3.70. The molecule has 18 heavy (non-hydrogen) atoms. The molecule has 0 amide bonds. The third-order valence-corrected chi connectivity index (χ3v) is 3.64. The number of hydrogen-bond donors (Lipinski definition) is 1. The third kappa shape index (κ3) is 4.52. The minimum Gasteiger partial charge on any atom is -0.370 e. The summed E-state index contributed by atoms with van der Waals surface area (Å²) >= 11 is 1.57. The van der Waals surface area contributed by atoms with Gasteiger partial charge in [-0.2, -0.15) is 0 Å². The lowest BCUT2D eigenvalue weighted by molar-refractivity contribution is -0.385. The molecule has 1 heterocycles. The molecule has 0 saturated heterocycles. The first kappa shape index (κ1) is 14.8. The maximum Gasteiger partial charge on any atom is 0.275 e. The van der Waals surface area contributed by atoms with Gasteiger partial charge in [0.25, 0.3) is 5.69 Å². The normalized spacial score (nSPS) is 12.2. The van der Waals surface area contributed by atoms with Gasteiger partial charge in [-0.15, -0.1) is 11.8 Å². The molecule has 0 fully saturated rings. The third-order valence-electron chi connectivity index (χ3n) is 2.45. The fraction of sp³-hybridized carbons (Fsp3) is 0.583. The summed E-state index contributed by atoms with van der Waals surface area (Å²) in [6.45, 7) is 6.98. The lowest BCUT2D eigenvalue weighted by atomic mass is 10.4. The SMILES string of the molecule is CCCNc1cc([N+](=O)[O-])cc(SC(C)CC)n1. The van der Waals surface area contributed by atoms with Gasteiger partial charge in [-0.3, -0.25) is 10.1 Å². The number of rotatable bonds is 7. The van der Waals surface area contributed by atoms with Crippen LogP contribution in [0.3, 0.4) is 0 Å². The summed E-state index contributed by atoms with van der Waals surface area (Å²) < 4.78 is 0. The van der Waals surface area contributed by atoms with Gasteiger partial charge in [0.1, 0.15) is 10.8 Å². The predicted molar refractivity (Wildman–Crippen MR) is 75.3 cm³/mol. The van der Waals surface area contributed by atoms with Crippen LogP contribution < -0.4 is 5.32 Å². The van der Waals surface area contributed by atoms with Gasteiger partial charge in [0.2, 0.25) is 0 Å². The number of nitrogens with zero attached hydrogens (tertiary/aromatic N) is 2. The van der Waals surface area contributed by atoms with E-state index in [0.29, 0.717) is 16.1 Å². The molecular formula is C12H19N3O2S. The molecule has 1 unspecified atom stereocenters. The van der Waals surface area contributed by atoms with Crippen LogP contribution in [0.2, 0.25) is 0 Å². The largest absolute Gasteiger partial charge is 0.370 e. The second-order valence-electron chi connectivity index (χ2n) is 4.07. The van der Waals surface area contributed by atoms with Crippen LogP contribution in [0.5, 0.6) is 0 Å². The van der Waals surface area contributed by atoms with E-state index in [1.165, 1.54) is 12.1 Å². The van der Waals surface area contributed by atoms with Crippen molar-refractivity contribution in [3.05, 3.63) is 22.2 Å². The topological polar surface area (TPSA) is 68.1 Å². The molecule has 6 heteroatoms. The molecule has 1 N–H and O–H groups in total. The molecule has 0 aliphatic rings. The molecule has 0 aliphatic heterocycles. The minimum atomic E-state index is -0.376. The van der Waals surface area contributed by atoms with Crippen molar-refractivity contribution in [2.24, 2.45) is 0 Å². The molecule has 0 bridgehead atoms. The second-order valence-corrected chi connectivity index (χ2v) is 5.53. The van der Waals surface area contributed by atoms with Gasteiger partial charge in [-0.25, -0.2) is 4.98 Å². The quantitative estimate of drug-likeness (QED) is 0.464. The fourth-order valence-electron chi connectivity index (χ4n) is 1.29. The van der Waals surface area contributed by atoms with Gasteiger partial charge in [-0.05, 0) is 12.8 Å². The van der Waals surface area contributed by atoms with Gasteiger partial charge >= 0.3 is 0 Å². The number of thioether (sulfide) groups is 1. The van der Waals surface area contributed by atoms with Crippen LogP contribution >= 0.6 is 11.8 Å². The highest BCUT2D eigenvalue weighted by atomic mass is 32.2. The van der Waals surface area contributed by atoms with E-state index < -0.39 is 0 Å². The Morgan fingerprint density at radius 2 is 2.22 bits per heavy atom. The first-order chi connectivity index (χ1) is 8.56. The Bertz CT molecular complexity index is 412. The Morgan fingerprint density at radius 3 is 2.78 bits per heavy atom. The molecule has 0 spiro atoms. The zero-order valence-electron chi connectivity index (χ0n) is 11.0. The summed E-state index contributed by atoms with van der Waals surface area (Å²) in [5.41, 5.74) is 0.0920. The summed E-state index contributed by atoms with van der Waals surface area (Å²) in [6, 6.07) is 3.02. The molecular weight excluding hydrogens is 250 g/mol. The van der Waals surface area contributed by atoms with Gasteiger partial charge in [0, 0.05) is 17.9 Å². The fourth-order valence-corrected chi connectivity index (χ4v) is 2.21. The van der Waals surface area contributed by atoms with Crippen molar-refractivity contribution >= 4 is 23.3 Å². The monoisotopic (exact) mass is 269 g/mol. The van der Waals surface area contributed by atoms with Crippen molar-refractivity contribution in [3.63, 3.8) is 0 Å². The van der Waals surface area contributed by atoms with E-state index in [1.807, 2.05) is 6.92 Å². The van der Waals surface area contributed by atoms with Gasteiger partial charge in [0.15, 0.2) is 0 Å². The first-order valence-electron chi connectivity index (χ1n) is 6.13. The minimum absolute atomic E-state index is 0.0920. The standard InChI is InChI=1S/C12H19N3O2S/c1-4-6-13-11-7-10(15(16)17)8-12(14-11)18-9(3)5-2/h7-9H,4-6H2,1-3H3,(H,13,14). The number of aromatic nitrogens is 1. The summed E-state index contributed by atoms with van der Waals surface area (Å²) in [6.07, 6.45) is 1.96. The summed E-state index contributed by atoms with van der Waals surface area (Å²) in [4.78, 5) is 14.9. The molecule has 0 aromatic carbocycles. The van der Waals surface area contributed by atoms with Crippen molar-refractivity contribution in [3.8, 4) is 0 Å². The number of nitrogens with one attached hydrogen (secondary N) is 1. The van der Waals surface area contributed by atoms with E-state index in [9.17, 15) is 10.1 Å². The number of nitro groups is 1. The average molecular weight is 269 g/mol. The Labute approximate surface area is 112 Å². The van der Waals surface area contributed by atoms with Gasteiger partial charge in [-0.1, -0.05) is 20.8 Å². The van der Waals surface area contributed by atoms with Crippen LogP contribution in [0.15, 0.2) is 17.2 Å². The van der Waals surface area contributed by atoms with E-state index >= 15 is 0 Å². The van der Waals surface area contributed by atoms with Crippen LogP contribution in [0.4, 0.5) is 11.5 Å².